The predicted molar refractivity (Wildman–Crippen MR) is 111 cm³/mol. The average Bonchev–Trinajstić information content (AvgIpc) is 3.35. The normalized spacial score (nSPS) is 14.0. The van der Waals surface area contributed by atoms with E-state index in [1.54, 1.807) is 11.6 Å². The Morgan fingerprint density at radius 2 is 1.90 bits per heavy atom. The maximum atomic E-state index is 12.7. The first kappa shape index (κ1) is 19.0. The standard InChI is InChI=1S/C20H24N6O3/c1-13-10-14(25-8-4-5-9-25)6-7-15(13)22-16(27)11-26-19(28)17-18(21-12-23(17)2)24(3)20(26)29/h6-7,10,12H,4-5,8-9,11H2,1-3H3,(H,22,27). The summed E-state index contributed by atoms with van der Waals surface area (Å²) in [5, 5.41) is 2.82. The van der Waals surface area contributed by atoms with Crippen LogP contribution in [0.2, 0.25) is 0 Å². The van der Waals surface area contributed by atoms with E-state index < -0.39 is 17.2 Å². The highest BCUT2D eigenvalue weighted by Gasteiger charge is 2.18. The van der Waals surface area contributed by atoms with Gasteiger partial charge in [-0.05, 0) is 43.5 Å². The first-order valence-electron chi connectivity index (χ1n) is 9.63. The Labute approximate surface area is 167 Å². The second-order valence-corrected chi connectivity index (χ2v) is 7.50. The van der Waals surface area contributed by atoms with E-state index in [9.17, 15) is 14.4 Å². The van der Waals surface area contributed by atoms with Gasteiger partial charge in [0.15, 0.2) is 11.2 Å². The third-order valence-electron chi connectivity index (χ3n) is 5.46. The quantitative estimate of drug-likeness (QED) is 0.710. The first-order chi connectivity index (χ1) is 13.9. The van der Waals surface area contributed by atoms with Crippen LogP contribution in [0.15, 0.2) is 34.1 Å². The number of hydrogen-bond donors (Lipinski definition) is 1. The Bertz CT molecular complexity index is 1210. The van der Waals surface area contributed by atoms with E-state index in [-0.39, 0.29) is 12.1 Å². The summed E-state index contributed by atoms with van der Waals surface area (Å²) in [4.78, 5) is 44.3. The molecule has 3 heterocycles. The molecule has 1 fully saturated rings. The molecule has 9 heteroatoms. The molecule has 4 rings (SSSR count). The summed E-state index contributed by atoms with van der Waals surface area (Å²) in [6.45, 7) is 3.67. The number of carbonyl (C=O) groups excluding carboxylic acids is 1. The van der Waals surface area contributed by atoms with Gasteiger partial charge in [-0.2, -0.15) is 0 Å². The van der Waals surface area contributed by atoms with Crippen LogP contribution in [-0.4, -0.2) is 37.7 Å². The van der Waals surface area contributed by atoms with Crippen LogP contribution in [0.5, 0.6) is 0 Å². The zero-order chi connectivity index (χ0) is 20.7. The molecular weight excluding hydrogens is 372 g/mol. The molecule has 0 aliphatic carbocycles. The lowest BCUT2D eigenvalue weighted by Gasteiger charge is -2.19. The van der Waals surface area contributed by atoms with Crippen molar-refractivity contribution in [3.05, 3.63) is 50.9 Å². The van der Waals surface area contributed by atoms with Gasteiger partial charge in [-0.15, -0.1) is 0 Å². The number of nitrogens with zero attached hydrogens (tertiary/aromatic N) is 5. The molecule has 152 valence electrons. The zero-order valence-corrected chi connectivity index (χ0v) is 16.8. The summed E-state index contributed by atoms with van der Waals surface area (Å²) in [5.74, 6) is -0.428. The Hall–Kier alpha value is -3.36. The number of carbonyl (C=O) groups is 1. The number of anilines is 2. The Morgan fingerprint density at radius 1 is 1.17 bits per heavy atom. The van der Waals surface area contributed by atoms with Crippen molar-refractivity contribution in [1.82, 2.24) is 18.7 Å². The molecule has 0 saturated carbocycles. The number of hydrogen-bond acceptors (Lipinski definition) is 5. The van der Waals surface area contributed by atoms with Gasteiger partial charge in [0.05, 0.1) is 6.33 Å². The van der Waals surface area contributed by atoms with Gasteiger partial charge in [-0.1, -0.05) is 0 Å². The molecule has 1 aliphatic rings. The van der Waals surface area contributed by atoms with E-state index >= 15 is 0 Å². The van der Waals surface area contributed by atoms with Crippen LogP contribution in [0.25, 0.3) is 11.2 Å². The van der Waals surface area contributed by atoms with Crippen LogP contribution in [0.4, 0.5) is 11.4 Å². The van der Waals surface area contributed by atoms with Gasteiger partial charge in [0.1, 0.15) is 6.54 Å². The summed E-state index contributed by atoms with van der Waals surface area (Å²) < 4.78 is 3.76. The summed E-state index contributed by atoms with van der Waals surface area (Å²) in [5.41, 5.74) is 2.23. The third-order valence-corrected chi connectivity index (χ3v) is 5.46. The van der Waals surface area contributed by atoms with Crippen molar-refractivity contribution >= 4 is 28.4 Å². The van der Waals surface area contributed by atoms with Crippen LogP contribution in [0.1, 0.15) is 18.4 Å². The molecule has 1 N–H and O–H groups in total. The van der Waals surface area contributed by atoms with E-state index in [2.05, 4.69) is 15.2 Å². The van der Waals surface area contributed by atoms with Crippen LogP contribution in [0, 0.1) is 6.92 Å². The average molecular weight is 396 g/mol. The second kappa shape index (κ2) is 7.23. The summed E-state index contributed by atoms with van der Waals surface area (Å²) in [6.07, 6.45) is 3.87. The van der Waals surface area contributed by atoms with Crippen LogP contribution in [-0.2, 0) is 25.4 Å². The van der Waals surface area contributed by atoms with Gasteiger partial charge in [-0.3, -0.25) is 14.2 Å². The lowest BCUT2D eigenvalue weighted by atomic mass is 10.1. The predicted octanol–water partition coefficient (Wildman–Crippen LogP) is 0.981. The van der Waals surface area contributed by atoms with Crippen LogP contribution < -0.4 is 21.5 Å². The number of amides is 1. The SMILES string of the molecule is Cc1cc(N2CCCC2)ccc1NC(=O)Cn1c(=O)c2c(ncn2C)n(C)c1=O. The number of fused-ring (bicyclic) bond motifs is 1. The maximum absolute atomic E-state index is 12.7. The number of imidazole rings is 1. The molecule has 9 nitrogen and oxygen atoms in total. The van der Waals surface area contributed by atoms with E-state index in [4.69, 9.17) is 0 Å². The van der Waals surface area contributed by atoms with Crippen molar-refractivity contribution in [1.29, 1.82) is 0 Å². The summed E-state index contributed by atoms with van der Waals surface area (Å²) in [7, 11) is 3.21. The molecular formula is C20H24N6O3. The van der Waals surface area contributed by atoms with E-state index in [0.717, 1.165) is 28.9 Å². The van der Waals surface area contributed by atoms with E-state index in [0.29, 0.717) is 11.3 Å². The van der Waals surface area contributed by atoms with Crippen molar-refractivity contribution in [3.63, 3.8) is 0 Å². The van der Waals surface area contributed by atoms with E-state index in [1.807, 2.05) is 25.1 Å². The zero-order valence-electron chi connectivity index (χ0n) is 16.8. The lowest BCUT2D eigenvalue weighted by Crippen LogP contribution is -2.42. The number of aromatic nitrogens is 4. The van der Waals surface area contributed by atoms with Gasteiger partial charge < -0.3 is 14.8 Å². The van der Waals surface area contributed by atoms with Gasteiger partial charge >= 0.3 is 5.69 Å². The van der Waals surface area contributed by atoms with Crippen molar-refractivity contribution in [2.24, 2.45) is 14.1 Å². The molecule has 0 atom stereocenters. The van der Waals surface area contributed by atoms with Gasteiger partial charge in [0.25, 0.3) is 5.56 Å². The molecule has 1 aliphatic heterocycles. The number of rotatable bonds is 4. The van der Waals surface area contributed by atoms with Crippen molar-refractivity contribution in [2.75, 3.05) is 23.3 Å². The van der Waals surface area contributed by atoms with Gasteiger partial charge in [0, 0.05) is 38.6 Å². The minimum Gasteiger partial charge on any atom is -0.372 e. The minimum atomic E-state index is -0.572. The highest BCUT2D eigenvalue weighted by Crippen LogP contribution is 2.25. The Kier molecular flexibility index (Phi) is 4.73. The van der Waals surface area contributed by atoms with E-state index in [1.165, 1.54) is 30.8 Å². The fourth-order valence-corrected chi connectivity index (χ4v) is 3.83. The third kappa shape index (κ3) is 3.32. The molecule has 0 unspecified atom stereocenters. The second-order valence-electron chi connectivity index (χ2n) is 7.50. The minimum absolute atomic E-state index is 0.283. The number of aryl methyl sites for hydroxylation is 3. The van der Waals surface area contributed by atoms with Gasteiger partial charge in [0.2, 0.25) is 5.91 Å². The van der Waals surface area contributed by atoms with Crippen LogP contribution >= 0.6 is 0 Å². The lowest BCUT2D eigenvalue weighted by molar-refractivity contribution is -0.116. The van der Waals surface area contributed by atoms with Crippen molar-refractivity contribution in [3.8, 4) is 0 Å². The first-order valence-corrected chi connectivity index (χ1v) is 9.63. The molecule has 1 amide bonds. The molecule has 2 aromatic heterocycles. The molecule has 29 heavy (non-hydrogen) atoms. The van der Waals surface area contributed by atoms with Gasteiger partial charge in [-0.25, -0.2) is 14.3 Å². The number of nitrogens with one attached hydrogen (secondary N) is 1. The summed E-state index contributed by atoms with van der Waals surface area (Å²) in [6, 6.07) is 5.90. The molecule has 0 bridgehead atoms. The fraction of sp³-hybridized carbons (Fsp3) is 0.400. The monoisotopic (exact) mass is 396 g/mol. The highest BCUT2D eigenvalue weighted by atomic mass is 16.2. The molecule has 1 aromatic carbocycles. The van der Waals surface area contributed by atoms with Crippen LogP contribution in [0.3, 0.4) is 0 Å². The maximum Gasteiger partial charge on any atom is 0.332 e. The Balaban J connectivity index is 1.58. The smallest absolute Gasteiger partial charge is 0.332 e. The highest BCUT2D eigenvalue weighted by molar-refractivity contribution is 5.91. The topological polar surface area (TPSA) is 94.2 Å². The van der Waals surface area contributed by atoms with Crippen molar-refractivity contribution in [2.45, 2.75) is 26.3 Å². The Morgan fingerprint density at radius 3 is 2.59 bits per heavy atom. The summed E-state index contributed by atoms with van der Waals surface area (Å²) >= 11 is 0. The molecule has 0 radical (unpaired) electrons. The largest absolute Gasteiger partial charge is 0.372 e. The van der Waals surface area contributed by atoms with Crippen molar-refractivity contribution < 1.29 is 4.79 Å². The fourth-order valence-electron chi connectivity index (χ4n) is 3.83. The molecule has 3 aromatic rings. The molecule has 0 spiro atoms. The number of benzene rings is 1. The molecule has 1 saturated heterocycles.